The van der Waals surface area contributed by atoms with Gasteiger partial charge >= 0.3 is 0 Å². The number of rotatable bonds is 5. The van der Waals surface area contributed by atoms with Crippen LogP contribution in [0.15, 0.2) is 0 Å². The van der Waals surface area contributed by atoms with Gasteiger partial charge in [0.1, 0.15) is 6.61 Å². The average Bonchev–Trinajstić information content (AvgIpc) is 1.97. The van der Waals surface area contributed by atoms with Gasteiger partial charge in [-0.2, -0.15) is 0 Å². The Morgan fingerprint density at radius 1 is 1.60 bits per heavy atom. The Hall–Kier alpha value is -0.520. The minimum atomic E-state index is 0.205. The van der Waals surface area contributed by atoms with Crippen molar-refractivity contribution in [2.24, 2.45) is 0 Å². The van der Waals surface area contributed by atoms with E-state index in [4.69, 9.17) is 15.9 Å². The van der Waals surface area contributed by atoms with Crippen molar-refractivity contribution in [1.29, 1.82) is 0 Å². The van der Waals surface area contributed by atoms with Crippen LogP contribution in [0.1, 0.15) is 13.3 Å². The second kappa shape index (κ2) is 6.60. The SMILES string of the molecule is C#CCOC(C)CCOC. The first-order chi connectivity index (χ1) is 4.81. The summed E-state index contributed by atoms with van der Waals surface area (Å²) in [4.78, 5) is 0. The molecule has 0 rings (SSSR count). The minimum Gasteiger partial charge on any atom is -0.385 e. The molecule has 0 heterocycles. The third-order valence-electron chi connectivity index (χ3n) is 1.18. The van der Waals surface area contributed by atoms with E-state index >= 15 is 0 Å². The van der Waals surface area contributed by atoms with E-state index in [0.717, 1.165) is 13.0 Å². The minimum absolute atomic E-state index is 0.205. The highest BCUT2D eigenvalue weighted by atomic mass is 16.5. The van der Waals surface area contributed by atoms with Gasteiger partial charge in [0, 0.05) is 13.7 Å². The highest BCUT2D eigenvalue weighted by Crippen LogP contribution is 1.95. The van der Waals surface area contributed by atoms with Gasteiger partial charge in [-0.05, 0) is 13.3 Å². The fourth-order valence-electron chi connectivity index (χ4n) is 0.558. The van der Waals surface area contributed by atoms with Gasteiger partial charge in [-0.3, -0.25) is 0 Å². The number of terminal acetylenes is 1. The first-order valence-corrected chi connectivity index (χ1v) is 3.35. The largest absolute Gasteiger partial charge is 0.385 e. The number of hydrogen-bond donors (Lipinski definition) is 0. The smallest absolute Gasteiger partial charge is 0.107 e. The molecule has 10 heavy (non-hydrogen) atoms. The molecule has 0 aromatic rings. The summed E-state index contributed by atoms with van der Waals surface area (Å²) in [7, 11) is 1.67. The van der Waals surface area contributed by atoms with E-state index in [1.165, 1.54) is 0 Å². The van der Waals surface area contributed by atoms with Crippen molar-refractivity contribution in [1.82, 2.24) is 0 Å². The monoisotopic (exact) mass is 142 g/mol. The molecule has 0 saturated heterocycles. The van der Waals surface area contributed by atoms with Crippen LogP contribution in [0.25, 0.3) is 0 Å². The maximum atomic E-state index is 5.18. The maximum absolute atomic E-state index is 5.18. The van der Waals surface area contributed by atoms with Crippen LogP contribution in [0.2, 0.25) is 0 Å². The summed E-state index contributed by atoms with van der Waals surface area (Å²) >= 11 is 0. The normalized spacial score (nSPS) is 12.5. The molecule has 1 atom stereocenters. The van der Waals surface area contributed by atoms with Crippen LogP contribution in [-0.4, -0.2) is 26.4 Å². The van der Waals surface area contributed by atoms with E-state index in [1.54, 1.807) is 7.11 Å². The van der Waals surface area contributed by atoms with Crippen LogP contribution in [0.3, 0.4) is 0 Å². The molecule has 0 spiro atoms. The topological polar surface area (TPSA) is 18.5 Å². The van der Waals surface area contributed by atoms with Crippen molar-refractivity contribution < 1.29 is 9.47 Å². The first kappa shape index (κ1) is 9.48. The molecule has 0 amide bonds. The molecular formula is C8H14O2. The molecule has 58 valence electrons. The lowest BCUT2D eigenvalue weighted by Gasteiger charge is -2.08. The second-order valence-electron chi connectivity index (χ2n) is 2.11. The summed E-state index contributed by atoms with van der Waals surface area (Å²) in [5.41, 5.74) is 0. The van der Waals surface area contributed by atoms with E-state index in [0.29, 0.717) is 6.61 Å². The predicted molar refractivity (Wildman–Crippen MR) is 40.7 cm³/mol. The van der Waals surface area contributed by atoms with Gasteiger partial charge < -0.3 is 9.47 Å². The molecule has 0 aliphatic carbocycles. The van der Waals surface area contributed by atoms with Gasteiger partial charge in [-0.25, -0.2) is 0 Å². The molecule has 0 aromatic heterocycles. The van der Waals surface area contributed by atoms with Gasteiger partial charge in [-0.1, -0.05) is 5.92 Å². The number of methoxy groups -OCH3 is 1. The highest BCUT2D eigenvalue weighted by molar-refractivity contribution is 4.83. The fourth-order valence-corrected chi connectivity index (χ4v) is 0.558. The molecule has 0 aliphatic heterocycles. The zero-order valence-corrected chi connectivity index (χ0v) is 6.59. The maximum Gasteiger partial charge on any atom is 0.107 e. The summed E-state index contributed by atoms with van der Waals surface area (Å²) in [6.45, 7) is 3.10. The van der Waals surface area contributed by atoms with Gasteiger partial charge in [0.25, 0.3) is 0 Å². The molecule has 0 radical (unpaired) electrons. The molecule has 0 saturated carbocycles. The Morgan fingerprint density at radius 2 is 2.30 bits per heavy atom. The van der Waals surface area contributed by atoms with Crippen LogP contribution in [0.4, 0.5) is 0 Å². The first-order valence-electron chi connectivity index (χ1n) is 3.35. The van der Waals surface area contributed by atoms with Gasteiger partial charge in [-0.15, -0.1) is 6.42 Å². The van der Waals surface area contributed by atoms with Gasteiger partial charge in [0.05, 0.1) is 6.10 Å². The lowest BCUT2D eigenvalue weighted by atomic mass is 10.3. The van der Waals surface area contributed by atoms with Crippen molar-refractivity contribution in [3.63, 3.8) is 0 Å². The average molecular weight is 142 g/mol. The number of ether oxygens (including phenoxy) is 2. The number of hydrogen-bond acceptors (Lipinski definition) is 2. The molecule has 0 aliphatic rings. The molecule has 0 N–H and O–H groups in total. The zero-order chi connectivity index (χ0) is 7.82. The summed E-state index contributed by atoms with van der Waals surface area (Å²) in [6.07, 6.45) is 6.10. The Bertz CT molecular complexity index is 104. The Kier molecular flexibility index (Phi) is 6.25. The van der Waals surface area contributed by atoms with E-state index in [9.17, 15) is 0 Å². The molecule has 2 heteroatoms. The lowest BCUT2D eigenvalue weighted by Crippen LogP contribution is -2.10. The molecule has 0 fully saturated rings. The summed E-state index contributed by atoms with van der Waals surface area (Å²) in [5, 5.41) is 0. The van der Waals surface area contributed by atoms with E-state index in [-0.39, 0.29) is 6.10 Å². The molecule has 0 bridgehead atoms. The molecule has 1 unspecified atom stereocenters. The van der Waals surface area contributed by atoms with Crippen molar-refractivity contribution in [2.75, 3.05) is 20.3 Å². The van der Waals surface area contributed by atoms with Crippen molar-refractivity contribution in [2.45, 2.75) is 19.4 Å². The molecule has 2 nitrogen and oxygen atoms in total. The Morgan fingerprint density at radius 3 is 2.80 bits per heavy atom. The summed E-state index contributed by atoms with van der Waals surface area (Å²) in [6, 6.07) is 0. The molecular weight excluding hydrogens is 128 g/mol. The van der Waals surface area contributed by atoms with Crippen LogP contribution < -0.4 is 0 Å². The van der Waals surface area contributed by atoms with Gasteiger partial charge in [0.2, 0.25) is 0 Å². The Balaban J connectivity index is 3.10. The van der Waals surface area contributed by atoms with E-state index in [1.807, 2.05) is 6.92 Å². The summed E-state index contributed by atoms with van der Waals surface area (Å²) in [5.74, 6) is 2.41. The predicted octanol–water partition coefficient (Wildman–Crippen LogP) is 1.06. The fraction of sp³-hybridized carbons (Fsp3) is 0.750. The van der Waals surface area contributed by atoms with Gasteiger partial charge in [0.15, 0.2) is 0 Å². The Labute approximate surface area is 62.5 Å². The molecule has 0 aromatic carbocycles. The third kappa shape index (κ3) is 5.61. The zero-order valence-electron chi connectivity index (χ0n) is 6.59. The van der Waals surface area contributed by atoms with Crippen LogP contribution in [-0.2, 0) is 9.47 Å². The van der Waals surface area contributed by atoms with Crippen LogP contribution in [0.5, 0.6) is 0 Å². The van der Waals surface area contributed by atoms with Crippen molar-refractivity contribution in [3.8, 4) is 12.3 Å². The quantitative estimate of drug-likeness (QED) is 0.534. The standard InChI is InChI=1S/C8H14O2/c1-4-6-10-8(2)5-7-9-3/h1,8H,5-7H2,2-3H3. The summed E-state index contributed by atoms with van der Waals surface area (Å²) < 4.78 is 10.0. The van der Waals surface area contributed by atoms with Crippen molar-refractivity contribution >= 4 is 0 Å². The second-order valence-corrected chi connectivity index (χ2v) is 2.11. The third-order valence-corrected chi connectivity index (χ3v) is 1.18. The van der Waals surface area contributed by atoms with E-state index < -0.39 is 0 Å². The van der Waals surface area contributed by atoms with Crippen molar-refractivity contribution in [3.05, 3.63) is 0 Å². The highest BCUT2D eigenvalue weighted by Gasteiger charge is 1.98. The van der Waals surface area contributed by atoms with E-state index in [2.05, 4.69) is 5.92 Å². The lowest BCUT2D eigenvalue weighted by molar-refractivity contribution is 0.0606. The van der Waals surface area contributed by atoms with Crippen LogP contribution >= 0.6 is 0 Å². The van der Waals surface area contributed by atoms with Crippen LogP contribution in [0, 0.1) is 12.3 Å².